The molecule has 1 saturated carbocycles. The van der Waals surface area contributed by atoms with Crippen LogP contribution in [0.15, 0.2) is 60.2 Å². The molecule has 1 fully saturated rings. The van der Waals surface area contributed by atoms with Gasteiger partial charge in [-0.15, -0.1) is 0 Å². The molecule has 3 rings (SSSR count). The first-order valence-corrected chi connectivity index (χ1v) is 8.29. The monoisotopic (exact) mass is 325 g/mol. The lowest BCUT2D eigenvalue weighted by Crippen LogP contribution is -2.50. The third-order valence-corrected chi connectivity index (χ3v) is 4.91. The van der Waals surface area contributed by atoms with Crippen LogP contribution in [0.1, 0.15) is 30.4 Å². The standard InChI is InChI=1S/C20H20ClNO/c1-22-20(17-11-5-6-12-18(17)21)13-7-10-16(19(20)23)14-15-8-3-2-4-9-15/h2-6,8-9,11-12,14,22H,7,10,13H2,1H3/b16-14+/t20-/m0/s1. The van der Waals surface area contributed by atoms with Crippen molar-refractivity contribution in [1.29, 1.82) is 0 Å². The maximum Gasteiger partial charge on any atom is 0.183 e. The average molecular weight is 326 g/mol. The Morgan fingerprint density at radius 2 is 1.78 bits per heavy atom. The molecule has 2 nitrogen and oxygen atoms in total. The molecule has 0 bridgehead atoms. The highest BCUT2D eigenvalue weighted by Gasteiger charge is 2.43. The number of hydrogen-bond acceptors (Lipinski definition) is 2. The molecule has 0 amide bonds. The van der Waals surface area contributed by atoms with Crippen LogP contribution < -0.4 is 5.32 Å². The van der Waals surface area contributed by atoms with E-state index >= 15 is 0 Å². The molecule has 1 N–H and O–H groups in total. The predicted octanol–water partition coefficient (Wildman–Crippen LogP) is 4.59. The molecule has 23 heavy (non-hydrogen) atoms. The van der Waals surface area contributed by atoms with E-state index in [1.54, 1.807) is 0 Å². The first-order valence-electron chi connectivity index (χ1n) is 7.92. The summed E-state index contributed by atoms with van der Waals surface area (Å²) in [6, 6.07) is 17.6. The molecule has 0 aliphatic heterocycles. The van der Waals surface area contributed by atoms with Gasteiger partial charge in [-0.3, -0.25) is 4.79 Å². The molecule has 1 aliphatic rings. The molecule has 118 valence electrons. The fourth-order valence-electron chi connectivity index (χ4n) is 3.37. The van der Waals surface area contributed by atoms with Crippen molar-refractivity contribution >= 4 is 23.5 Å². The predicted molar refractivity (Wildman–Crippen MR) is 95.5 cm³/mol. The molecule has 0 saturated heterocycles. The van der Waals surface area contributed by atoms with Crippen LogP contribution in [-0.2, 0) is 10.3 Å². The van der Waals surface area contributed by atoms with Gasteiger partial charge in [-0.2, -0.15) is 0 Å². The van der Waals surface area contributed by atoms with Gasteiger partial charge in [-0.1, -0.05) is 60.1 Å². The Morgan fingerprint density at radius 1 is 1.09 bits per heavy atom. The number of carbonyl (C=O) groups excluding carboxylic acids is 1. The molecule has 1 atom stereocenters. The van der Waals surface area contributed by atoms with Crippen molar-refractivity contribution in [3.05, 3.63) is 76.3 Å². The van der Waals surface area contributed by atoms with E-state index in [1.807, 2.05) is 67.7 Å². The number of Topliss-reactive ketones (excluding diaryl/α,β-unsaturated/α-hetero) is 1. The van der Waals surface area contributed by atoms with Gasteiger partial charge in [-0.25, -0.2) is 0 Å². The summed E-state index contributed by atoms with van der Waals surface area (Å²) in [6.07, 6.45) is 4.53. The second-order valence-electron chi connectivity index (χ2n) is 5.90. The molecule has 0 unspecified atom stereocenters. The quantitative estimate of drug-likeness (QED) is 0.836. The van der Waals surface area contributed by atoms with Gasteiger partial charge in [0, 0.05) is 5.02 Å². The highest BCUT2D eigenvalue weighted by Crippen LogP contribution is 2.40. The van der Waals surface area contributed by atoms with E-state index in [9.17, 15) is 4.79 Å². The van der Waals surface area contributed by atoms with Crippen LogP contribution >= 0.6 is 11.6 Å². The number of hydrogen-bond donors (Lipinski definition) is 1. The zero-order valence-electron chi connectivity index (χ0n) is 13.2. The van der Waals surface area contributed by atoms with Gasteiger partial charge in [0.2, 0.25) is 0 Å². The topological polar surface area (TPSA) is 29.1 Å². The van der Waals surface area contributed by atoms with E-state index in [4.69, 9.17) is 11.6 Å². The molecule has 2 aromatic rings. The van der Waals surface area contributed by atoms with Crippen molar-refractivity contribution < 1.29 is 4.79 Å². The second-order valence-corrected chi connectivity index (χ2v) is 6.31. The maximum atomic E-state index is 13.2. The van der Waals surface area contributed by atoms with Gasteiger partial charge in [0.1, 0.15) is 5.54 Å². The van der Waals surface area contributed by atoms with E-state index in [1.165, 1.54) is 0 Å². The number of ketones is 1. The van der Waals surface area contributed by atoms with Gasteiger partial charge < -0.3 is 5.32 Å². The normalized spacial score (nSPS) is 23.2. The smallest absolute Gasteiger partial charge is 0.183 e. The van der Waals surface area contributed by atoms with Crippen LogP contribution in [0.5, 0.6) is 0 Å². The summed E-state index contributed by atoms with van der Waals surface area (Å²) in [4.78, 5) is 13.2. The van der Waals surface area contributed by atoms with Gasteiger partial charge in [0.15, 0.2) is 5.78 Å². The summed E-state index contributed by atoms with van der Waals surface area (Å²) in [6.45, 7) is 0. The molecular weight excluding hydrogens is 306 g/mol. The Kier molecular flexibility index (Phi) is 4.65. The van der Waals surface area contributed by atoms with Crippen LogP contribution in [-0.4, -0.2) is 12.8 Å². The van der Waals surface area contributed by atoms with Crippen molar-refractivity contribution in [3.8, 4) is 0 Å². The van der Waals surface area contributed by atoms with Crippen molar-refractivity contribution in [2.75, 3.05) is 7.05 Å². The highest BCUT2D eigenvalue weighted by atomic mass is 35.5. The van der Waals surface area contributed by atoms with E-state index in [-0.39, 0.29) is 5.78 Å². The molecule has 0 heterocycles. The SMILES string of the molecule is CN[C@]1(c2ccccc2Cl)CCC/C(=C\c2ccccc2)C1=O. The Morgan fingerprint density at radius 3 is 2.48 bits per heavy atom. The van der Waals surface area contributed by atoms with Crippen LogP contribution in [0.3, 0.4) is 0 Å². The Balaban J connectivity index is 2.04. The number of nitrogens with one attached hydrogen (secondary N) is 1. The van der Waals surface area contributed by atoms with Gasteiger partial charge in [-0.05, 0) is 55.2 Å². The lowest BCUT2D eigenvalue weighted by atomic mass is 9.73. The lowest BCUT2D eigenvalue weighted by molar-refractivity contribution is -0.123. The van der Waals surface area contributed by atoms with Gasteiger partial charge >= 0.3 is 0 Å². The number of halogens is 1. The summed E-state index contributed by atoms with van der Waals surface area (Å²) in [5.74, 6) is 0.128. The highest BCUT2D eigenvalue weighted by molar-refractivity contribution is 6.32. The van der Waals surface area contributed by atoms with E-state index < -0.39 is 5.54 Å². The van der Waals surface area contributed by atoms with Crippen molar-refractivity contribution in [2.24, 2.45) is 0 Å². The Labute approximate surface area is 142 Å². The number of benzene rings is 2. The zero-order valence-corrected chi connectivity index (χ0v) is 13.9. The molecule has 2 aromatic carbocycles. The van der Waals surface area contributed by atoms with Gasteiger partial charge in [0.25, 0.3) is 0 Å². The molecule has 0 radical (unpaired) electrons. The first kappa shape index (κ1) is 16.0. The van der Waals surface area contributed by atoms with Crippen LogP contribution in [0, 0.1) is 0 Å². The van der Waals surface area contributed by atoms with Gasteiger partial charge in [0.05, 0.1) is 0 Å². The van der Waals surface area contributed by atoms with E-state index in [0.717, 1.165) is 36.0 Å². The summed E-state index contributed by atoms with van der Waals surface area (Å²) in [5.41, 5.74) is 2.06. The molecule has 3 heteroatoms. The Bertz CT molecular complexity index is 738. The maximum absolute atomic E-state index is 13.2. The number of likely N-dealkylation sites (N-methyl/N-ethyl adjacent to an activating group) is 1. The summed E-state index contributed by atoms with van der Waals surface area (Å²) in [5, 5.41) is 3.90. The average Bonchev–Trinajstić information content (AvgIpc) is 2.59. The molecule has 0 spiro atoms. The number of carbonyl (C=O) groups is 1. The fraction of sp³-hybridized carbons (Fsp3) is 0.250. The van der Waals surface area contributed by atoms with E-state index in [0.29, 0.717) is 5.02 Å². The lowest BCUT2D eigenvalue weighted by Gasteiger charge is -2.37. The van der Waals surface area contributed by atoms with Crippen molar-refractivity contribution in [2.45, 2.75) is 24.8 Å². The summed E-state index contributed by atoms with van der Waals surface area (Å²) in [7, 11) is 1.84. The minimum Gasteiger partial charge on any atom is -0.304 e. The largest absolute Gasteiger partial charge is 0.304 e. The summed E-state index contributed by atoms with van der Waals surface area (Å²) < 4.78 is 0. The Hall–Kier alpha value is -1.90. The molecule has 0 aromatic heterocycles. The first-order chi connectivity index (χ1) is 11.2. The summed E-state index contributed by atoms with van der Waals surface area (Å²) >= 11 is 6.39. The third kappa shape index (κ3) is 2.97. The van der Waals surface area contributed by atoms with Crippen molar-refractivity contribution in [3.63, 3.8) is 0 Å². The van der Waals surface area contributed by atoms with Crippen LogP contribution in [0.4, 0.5) is 0 Å². The van der Waals surface area contributed by atoms with Crippen LogP contribution in [0.25, 0.3) is 6.08 Å². The minimum atomic E-state index is -0.725. The fourth-order valence-corrected chi connectivity index (χ4v) is 3.67. The second kappa shape index (κ2) is 6.69. The third-order valence-electron chi connectivity index (χ3n) is 4.58. The zero-order chi connectivity index (χ0) is 16.3. The van der Waals surface area contributed by atoms with Crippen molar-refractivity contribution in [1.82, 2.24) is 5.32 Å². The molecule has 1 aliphatic carbocycles. The number of rotatable bonds is 3. The minimum absolute atomic E-state index is 0.128. The molecular formula is C20H20ClNO. The van der Waals surface area contributed by atoms with E-state index in [2.05, 4.69) is 5.32 Å². The van der Waals surface area contributed by atoms with Crippen LogP contribution in [0.2, 0.25) is 5.02 Å².